The number of rotatable bonds is 13. The first-order chi connectivity index (χ1) is 19.4. The highest BCUT2D eigenvalue weighted by Gasteiger charge is 2.27. The smallest absolute Gasteiger partial charge is 0.341 e. The minimum Gasteiger partial charge on any atom is -0.496 e. The summed E-state index contributed by atoms with van der Waals surface area (Å²) in [6.45, 7) is -0.804. The van der Waals surface area contributed by atoms with Gasteiger partial charge in [-0.05, 0) is 41.5 Å². The van der Waals surface area contributed by atoms with Gasteiger partial charge < -0.3 is 31.9 Å². The Morgan fingerprint density at radius 2 is 1.24 bits per heavy atom. The lowest BCUT2D eigenvalue weighted by Crippen LogP contribution is -2.12. The van der Waals surface area contributed by atoms with Crippen LogP contribution in [0.3, 0.4) is 0 Å². The molecule has 3 rings (SSSR count). The maximum atomic E-state index is 12.4. The molecule has 0 saturated heterocycles. The van der Waals surface area contributed by atoms with Crippen LogP contribution in [0.1, 0.15) is 0 Å². The minimum atomic E-state index is -4.20. The number of hydrogen-bond acceptors (Lipinski definition) is 13. The monoisotopic (exact) mass is 646 g/mol. The van der Waals surface area contributed by atoms with E-state index in [0.29, 0.717) is 5.56 Å². The van der Waals surface area contributed by atoms with Gasteiger partial charge in [-0.3, -0.25) is 0 Å². The van der Waals surface area contributed by atoms with Gasteiger partial charge in [-0.25, -0.2) is 4.79 Å². The van der Waals surface area contributed by atoms with Crippen molar-refractivity contribution in [3.05, 3.63) is 48.5 Å². The van der Waals surface area contributed by atoms with Crippen LogP contribution in [0, 0.1) is 0 Å². The van der Waals surface area contributed by atoms with Crippen LogP contribution in [0.25, 0.3) is 22.3 Å². The van der Waals surface area contributed by atoms with E-state index < -0.39 is 48.7 Å². The molecule has 0 atom stereocenters. The van der Waals surface area contributed by atoms with E-state index in [1.807, 2.05) is 0 Å². The van der Waals surface area contributed by atoms with Gasteiger partial charge in [0.05, 0.1) is 38.6 Å². The molecule has 0 spiro atoms. The fourth-order valence-corrected chi connectivity index (χ4v) is 5.09. The number of hydrogen-bond donors (Lipinski definition) is 1. The van der Waals surface area contributed by atoms with Crippen LogP contribution in [0.5, 0.6) is 34.5 Å². The number of aliphatic carboxylic acids is 1. The minimum absolute atomic E-state index is 0.00342. The SMILES string of the molecule is COc1cc(-c2ccc(OS(C)(=O)=O)cc2)c(OC)c(OS(C)(=O)=O)c1-c1ccc(OCC(=O)O)c(OS(C)(=O)=O)c1. The Balaban J connectivity index is 2.32. The lowest BCUT2D eigenvalue weighted by Gasteiger charge is -2.21. The summed E-state index contributed by atoms with van der Waals surface area (Å²) in [5.41, 5.74) is 0.823. The van der Waals surface area contributed by atoms with E-state index in [2.05, 4.69) is 0 Å². The van der Waals surface area contributed by atoms with Gasteiger partial charge in [-0.2, -0.15) is 25.3 Å². The number of ether oxygens (including phenoxy) is 3. The van der Waals surface area contributed by atoms with E-state index >= 15 is 0 Å². The predicted molar refractivity (Wildman–Crippen MR) is 150 cm³/mol. The molecule has 0 aromatic heterocycles. The molecule has 0 heterocycles. The normalized spacial score (nSPS) is 11.8. The summed E-state index contributed by atoms with van der Waals surface area (Å²) in [6, 6.07) is 11.0. The molecule has 0 radical (unpaired) electrons. The van der Waals surface area contributed by atoms with E-state index in [1.165, 1.54) is 62.8 Å². The maximum Gasteiger partial charge on any atom is 0.341 e. The standard InChI is InChI=1S/C25H26O14S3/c1-34-21-13-18(15-6-9-17(10-7-15)37-40(3,28)29)24(35-2)25(39-42(5,32)33)23(21)16-8-11-19(36-14-22(26)27)20(12-16)38-41(4,30)31/h6-13H,14H2,1-5H3,(H,26,27). The number of carboxylic acid groups (broad SMARTS) is 1. The number of carboxylic acids is 1. The van der Waals surface area contributed by atoms with Crippen molar-refractivity contribution < 1.29 is 61.9 Å². The molecular formula is C25H26O14S3. The van der Waals surface area contributed by atoms with E-state index in [9.17, 15) is 30.0 Å². The van der Waals surface area contributed by atoms with E-state index in [4.69, 9.17) is 31.9 Å². The predicted octanol–water partition coefficient (Wildman–Crippen LogP) is 2.52. The lowest BCUT2D eigenvalue weighted by molar-refractivity contribution is -0.139. The summed E-state index contributed by atoms with van der Waals surface area (Å²) < 4.78 is 103. The second kappa shape index (κ2) is 12.3. The fourth-order valence-electron chi connectivity index (χ4n) is 3.71. The van der Waals surface area contributed by atoms with Gasteiger partial charge in [0.2, 0.25) is 0 Å². The van der Waals surface area contributed by atoms with Crippen LogP contribution in [0.15, 0.2) is 48.5 Å². The Morgan fingerprint density at radius 1 is 0.667 bits per heavy atom. The highest BCUT2D eigenvalue weighted by atomic mass is 32.2. The highest BCUT2D eigenvalue weighted by molar-refractivity contribution is 7.86. The zero-order valence-electron chi connectivity index (χ0n) is 22.8. The average Bonchev–Trinajstić information content (AvgIpc) is 2.85. The maximum absolute atomic E-state index is 12.4. The first-order valence-corrected chi connectivity index (χ1v) is 16.9. The Hall–Kier alpha value is -4.22. The lowest BCUT2D eigenvalue weighted by atomic mass is 9.96. The number of methoxy groups -OCH3 is 2. The van der Waals surface area contributed by atoms with Crippen LogP contribution in [0.4, 0.5) is 0 Å². The van der Waals surface area contributed by atoms with Crippen LogP contribution < -0.4 is 26.8 Å². The molecule has 3 aromatic rings. The second-order valence-corrected chi connectivity index (χ2v) is 13.3. The second-order valence-electron chi connectivity index (χ2n) is 8.59. The van der Waals surface area contributed by atoms with Crippen molar-refractivity contribution in [3.8, 4) is 56.8 Å². The van der Waals surface area contributed by atoms with Crippen molar-refractivity contribution in [1.82, 2.24) is 0 Å². The van der Waals surface area contributed by atoms with Crippen molar-refractivity contribution in [2.75, 3.05) is 39.6 Å². The molecule has 0 aliphatic carbocycles. The summed E-state index contributed by atoms with van der Waals surface area (Å²) in [7, 11) is -9.55. The molecule has 3 aromatic carbocycles. The zero-order chi connectivity index (χ0) is 31.5. The zero-order valence-corrected chi connectivity index (χ0v) is 25.3. The summed E-state index contributed by atoms with van der Waals surface area (Å²) in [5.74, 6) is -2.29. The third-order valence-corrected chi connectivity index (χ3v) is 6.54. The molecule has 0 fully saturated rings. The van der Waals surface area contributed by atoms with Gasteiger partial charge in [0, 0.05) is 5.56 Å². The van der Waals surface area contributed by atoms with Crippen LogP contribution in [0.2, 0.25) is 0 Å². The molecule has 0 unspecified atom stereocenters. The molecule has 0 aliphatic heterocycles. The van der Waals surface area contributed by atoms with Crippen molar-refractivity contribution in [3.63, 3.8) is 0 Å². The highest BCUT2D eigenvalue weighted by Crippen LogP contribution is 2.51. The topological polar surface area (TPSA) is 195 Å². The summed E-state index contributed by atoms with van der Waals surface area (Å²) in [6.07, 6.45) is 2.46. The Bertz CT molecular complexity index is 1810. The van der Waals surface area contributed by atoms with Crippen LogP contribution in [-0.4, -0.2) is 75.9 Å². The molecule has 14 nitrogen and oxygen atoms in total. The molecule has 0 aliphatic rings. The van der Waals surface area contributed by atoms with Gasteiger partial charge in [-0.1, -0.05) is 18.2 Å². The number of carbonyl (C=O) groups is 1. The van der Waals surface area contributed by atoms with Crippen molar-refractivity contribution >= 4 is 36.3 Å². The van der Waals surface area contributed by atoms with Crippen molar-refractivity contribution in [1.29, 1.82) is 0 Å². The Kier molecular flexibility index (Phi) is 9.49. The first-order valence-electron chi connectivity index (χ1n) is 11.5. The van der Waals surface area contributed by atoms with Gasteiger partial charge in [0.15, 0.2) is 29.6 Å². The Morgan fingerprint density at radius 3 is 1.74 bits per heavy atom. The summed E-state index contributed by atoms with van der Waals surface area (Å²) in [5, 5.41) is 8.96. The molecule has 17 heteroatoms. The van der Waals surface area contributed by atoms with E-state index in [1.54, 1.807) is 0 Å². The van der Waals surface area contributed by atoms with E-state index in [-0.39, 0.29) is 45.4 Å². The number of benzene rings is 3. The fraction of sp³-hybridized carbons (Fsp3) is 0.240. The quantitative estimate of drug-likeness (QED) is 0.266. The molecule has 228 valence electrons. The van der Waals surface area contributed by atoms with Crippen LogP contribution in [-0.2, 0) is 35.1 Å². The van der Waals surface area contributed by atoms with Gasteiger partial charge >= 0.3 is 36.3 Å². The van der Waals surface area contributed by atoms with E-state index in [0.717, 1.165) is 18.8 Å². The van der Waals surface area contributed by atoms with Crippen molar-refractivity contribution in [2.24, 2.45) is 0 Å². The average molecular weight is 647 g/mol. The molecular weight excluding hydrogens is 620 g/mol. The third-order valence-electron chi connectivity index (χ3n) is 5.10. The van der Waals surface area contributed by atoms with Crippen molar-refractivity contribution in [2.45, 2.75) is 0 Å². The van der Waals surface area contributed by atoms with Gasteiger partial charge in [-0.15, -0.1) is 0 Å². The largest absolute Gasteiger partial charge is 0.496 e. The third kappa shape index (κ3) is 8.64. The Labute approximate surface area is 242 Å². The summed E-state index contributed by atoms with van der Waals surface area (Å²) in [4.78, 5) is 11.0. The molecule has 42 heavy (non-hydrogen) atoms. The van der Waals surface area contributed by atoms with Crippen LogP contribution >= 0.6 is 0 Å². The first kappa shape index (κ1) is 32.3. The molecule has 1 N–H and O–H groups in total. The summed E-state index contributed by atoms with van der Waals surface area (Å²) >= 11 is 0. The van der Waals surface area contributed by atoms with Gasteiger partial charge in [0.1, 0.15) is 11.5 Å². The molecule has 0 saturated carbocycles. The van der Waals surface area contributed by atoms with Gasteiger partial charge in [0.25, 0.3) is 0 Å². The molecule has 0 bridgehead atoms. The molecule has 0 amide bonds.